The molecule has 1 aromatic heterocycles. The van der Waals surface area contributed by atoms with Crippen molar-refractivity contribution in [3.63, 3.8) is 0 Å². The zero-order valence-corrected chi connectivity index (χ0v) is 13.2. The van der Waals surface area contributed by atoms with Crippen LogP contribution in [0, 0.1) is 5.82 Å². The van der Waals surface area contributed by atoms with Gasteiger partial charge < -0.3 is 0 Å². The van der Waals surface area contributed by atoms with Crippen molar-refractivity contribution in [3.05, 3.63) is 70.6 Å². The van der Waals surface area contributed by atoms with Crippen LogP contribution < -0.4 is 5.43 Å². The summed E-state index contributed by atoms with van der Waals surface area (Å²) in [6.07, 6.45) is -1.91. The van der Waals surface area contributed by atoms with Gasteiger partial charge >= 0.3 is 6.18 Å². The van der Waals surface area contributed by atoms with Gasteiger partial charge in [0.25, 0.3) is 0 Å². The van der Waals surface area contributed by atoms with E-state index in [0.29, 0.717) is 11.3 Å². The van der Waals surface area contributed by atoms with Gasteiger partial charge in [0.15, 0.2) is 0 Å². The van der Waals surface area contributed by atoms with E-state index >= 15 is 0 Å². The Balaban J connectivity index is 1.97. The van der Waals surface area contributed by atoms with Crippen LogP contribution in [0.25, 0.3) is 10.9 Å². The maximum atomic E-state index is 13.2. The summed E-state index contributed by atoms with van der Waals surface area (Å²) < 4.78 is 52.3. The van der Waals surface area contributed by atoms with Gasteiger partial charge in [0.2, 0.25) is 0 Å². The molecule has 0 saturated heterocycles. The fraction of sp³-hybridized carbons (Fsp3) is 0.0588. The quantitative estimate of drug-likeness (QED) is 0.377. The molecule has 3 nitrogen and oxygen atoms in total. The zero-order chi connectivity index (χ0) is 18.0. The SMILES string of the molecule is Fc1ccc(/C=N/Nc2ccnc3c(C(F)(F)F)cc(Cl)cc23)cc1. The van der Waals surface area contributed by atoms with Crippen LogP contribution in [-0.4, -0.2) is 11.2 Å². The maximum Gasteiger partial charge on any atom is 0.418 e. The average Bonchev–Trinajstić information content (AvgIpc) is 2.55. The van der Waals surface area contributed by atoms with Crippen LogP contribution in [0.5, 0.6) is 0 Å². The van der Waals surface area contributed by atoms with Crippen molar-refractivity contribution in [3.8, 4) is 0 Å². The highest BCUT2D eigenvalue weighted by Crippen LogP contribution is 2.37. The van der Waals surface area contributed by atoms with Gasteiger partial charge in [0.05, 0.1) is 23.0 Å². The van der Waals surface area contributed by atoms with E-state index in [4.69, 9.17) is 11.6 Å². The summed E-state index contributed by atoms with van der Waals surface area (Å²) in [6.45, 7) is 0. The van der Waals surface area contributed by atoms with Crippen molar-refractivity contribution < 1.29 is 17.6 Å². The van der Waals surface area contributed by atoms with Gasteiger partial charge in [0.1, 0.15) is 5.82 Å². The molecule has 0 unspecified atom stereocenters. The van der Waals surface area contributed by atoms with Crippen molar-refractivity contribution in [1.29, 1.82) is 0 Å². The molecule has 0 radical (unpaired) electrons. The highest BCUT2D eigenvalue weighted by molar-refractivity contribution is 6.31. The lowest BCUT2D eigenvalue weighted by molar-refractivity contribution is -0.136. The lowest BCUT2D eigenvalue weighted by atomic mass is 10.1. The van der Waals surface area contributed by atoms with Crippen molar-refractivity contribution in [2.75, 3.05) is 5.43 Å². The molecule has 1 N–H and O–H groups in total. The van der Waals surface area contributed by atoms with Gasteiger partial charge in [-0.2, -0.15) is 18.3 Å². The van der Waals surface area contributed by atoms with E-state index in [1.165, 1.54) is 48.8 Å². The first-order valence-corrected chi connectivity index (χ1v) is 7.42. The number of nitrogens with one attached hydrogen (secondary N) is 1. The number of anilines is 1. The molecule has 0 aliphatic carbocycles. The van der Waals surface area contributed by atoms with Crippen molar-refractivity contribution >= 4 is 34.4 Å². The van der Waals surface area contributed by atoms with E-state index < -0.39 is 11.7 Å². The molecule has 3 aromatic rings. The molecule has 0 bridgehead atoms. The van der Waals surface area contributed by atoms with Crippen LogP contribution in [0.1, 0.15) is 11.1 Å². The fourth-order valence-corrected chi connectivity index (χ4v) is 2.48. The molecule has 0 amide bonds. The molecular weight excluding hydrogens is 358 g/mol. The van der Waals surface area contributed by atoms with Gasteiger partial charge in [-0.1, -0.05) is 23.7 Å². The minimum atomic E-state index is -4.58. The summed E-state index contributed by atoms with van der Waals surface area (Å²) in [5.74, 6) is -0.375. The third-order valence-electron chi connectivity index (χ3n) is 3.38. The Morgan fingerprint density at radius 3 is 2.48 bits per heavy atom. The summed E-state index contributed by atoms with van der Waals surface area (Å²) >= 11 is 5.82. The smallest absolute Gasteiger partial charge is 0.278 e. The summed E-state index contributed by atoms with van der Waals surface area (Å²) in [5.41, 5.74) is 2.47. The summed E-state index contributed by atoms with van der Waals surface area (Å²) in [6, 6.07) is 9.29. The van der Waals surface area contributed by atoms with Gasteiger partial charge in [-0.05, 0) is 35.9 Å². The zero-order valence-electron chi connectivity index (χ0n) is 12.5. The molecular formula is C17H10ClF4N3. The van der Waals surface area contributed by atoms with Gasteiger partial charge in [0, 0.05) is 16.6 Å². The van der Waals surface area contributed by atoms with E-state index in [0.717, 1.165) is 6.07 Å². The molecule has 0 saturated carbocycles. The van der Waals surface area contributed by atoms with E-state index in [9.17, 15) is 17.6 Å². The molecule has 1 heterocycles. The Kier molecular flexibility index (Phi) is 4.59. The molecule has 0 aliphatic rings. The molecule has 8 heteroatoms. The second-order valence-corrected chi connectivity index (χ2v) is 5.56. The largest absolute Gasteiger partial charge is 0.418 e. The summed E-state index contributed by atoms with van der Waals surface area (Å²) in [5, 5.41) is 4.10. The summed E-state index contributed by atoms with van der Waals surface area (Å²) in [7, 11) is 0. The number of hydrogen-bond donors (Lipinski definition) is 1. The van der Waals surface area contributed by atoms with Crippen LogP contribution in [0.3, 0.4) is 0 Å². The standard InChI is InChI=1S/C17H10ClF4N3/c18-11-7-13-15(25-24-9-10-1-3-12(19)4-2-10)5-6-23-16(13)14(8-11)17(20,21)22/h1-9H,(H,23,25)/b24-9+. The van der Waals surface area contributed by atoms with Crippen molar-refractivity contribution in [1.82, 2.24) is 4.98 Å². The number of rotatable bonds is 3. The maximum absolute atomic E-state index is 13.2. The van der Waals surface area contributed by atoms with Gasteiger partial charge in [-0.25, -0.2) is 4.39 Å². The predicted octanol–water partition coefficient (Wildman–Crippen LogP) is 5.49. The Hall–Kier alpha value is -2.67. The minimum Gasteiger partial charge on any atom is -0.278 e. The Morgan fingerprint density at radius 2 is 1.80 bits per heavy atom. The molecule has 0 atom stereocenters. The first-order valence-electron chi connectivity index (χ1n) is 7.05. The Labute approximate surface area is 145 Å². The lowest BCUT2D eigenvalue weighted by Gasteiger charge is -2.12. The number of halogens is 5. The highest BCUT2D eigenvalue weighted by atomic mass is 35.5. The number of benzene rings is 2. The monoisotopic (exact) mass is 367 g/mol. The van der Waals surface area contributed by atoms with Crippen LogP contribution in [0.4, 0.5) is 23.2 Å². The predicted molar refractivity (Wildman–Crippen MR) is 89.4 cm³/mol. The van der Waals surface area contributed by atoms with E-state index in [2.05, 4.69) is 15.5 Å². The van der Waals surface area contributed by atoms with Crippen LogP contribution in [-0.2, 0) is 6.18 Å². The lowest BCUT2D eigenvalue weighted by Crippen LogP contribution is -2.07. The minimum absolute atomic E-state index is 0.0570. The number of aromatic nitrogens is 1. The molecule has 25 heavy (non-hydrogen) atoms. The van der Waals surface area contributed by atoms with E-state index in [-0.39, 0.29) is 21.7 Å². The van der Waals surface area contributed by atoms with Crippen LogP contribution in [0.15, 0.2) is 53.8 Å². The van der Waals surface area contributed by atoms with Crippen molar-refractivity contribution in [2.45, 2.75) is 6.18 Å². The van der Waals surface area contributed by atoms with Gasteiger partial charge in [-0.15, -0.1) is 0 Å². The second-order valence-electron chi connectivity index (χ2n) is 5.13. The number of fused-ring (bicyclic) bond motifs is 1. The molecule has 128 valence electrons. The highest BCUT2D eigenvalue weighted by Gasteiger charge is 2.34. The average molecular weight is 368 g/mol. The molecule has 2 aromatic carbocycles. The third kappa shape index (κ3) is 3.88. The van der Waals surface area contributed by atoms with Crippen LogP contribution in [0.2, 0.25) is 5.02 Å². The first-order chi connectivity index (χ1) is 11.8. The number of alkyl halides is 3. The molecule has 0 fully saturated rings. The summed E-state index contributed by atoms with van der Waals surface area (Å²) in [4.78, 5) is 3.81. The second kappa shape index (κ2) is 6.68. The van der Waals surface area contributed by atoms with E-state index in [1.807, 2.05) is 0 Å². The first kappa shape index (κ1) is 17.2. The molecule has 0 spiro atoms. The Bertz CT molecular complexity index is 937. The number of hydrogen-bond acceptors (Lipinski definition) is 3. The molecule has 0 aliphatic heterocycles. The topological polar surface area (TPSA) is 37.3 Å². The number of pyridine rings is 1. The van der Waals surface area contributed by atoms with E-state index in [1.54, 1.807) is 0 Å². The fourth-order valence-electron chi connectivity index (χ4n) is 2.26. The number of hydrazone groups is 1. The Morgan fingerprint density at radius 1 is 1.08 bits per heavy atom. The normalized spacial score (nSPS) is 12.0. The van der Waals surface area contributed by atoms with Gasteiger partial charge in [-0.3, -0.25) is 10.4 Å². The molecule has 3 rings (SSSR count). The van der Waals surface area contributed by atoms with Crippen molar-refractivity contribution in [2.24, 2.45) is 5.10 Å². The third-order valence-corrected chi connectivity index (χ3v) is 3.60. The van der Waals surface area contributed by atoms with Crippen LogP contribution >= 0.6 is 11.6 Å². The number of nitrogens with zero attached hydrogens (tertiary/aromatic N) is 2.